The normalized spacial score (nSPS) is 11.7. The van der Waals surface area contributed by atoms with Crippen molar-refractivity contribution in [2.24, 2.45) is 0 Å². The Morgan fingerprint density at radius 1 is 0.947 bits per heavy atom. The molecule has 0 N–H and O–H groups in total. The minimum atomic E-state index is -4.62. The summed E-state index contributed by atoms with van der Waals surface area (Å²) in [5.74, 6) is -0.855. The zero-order valence-electron chi connectivity index (χ0n) is 9.23. The Bertz CT molecular complexity index is 621. The maximum Gasteiger partial charge on any atom is 0.417 e. The van der Waals surface area contributed by atoms with Crippen LogP contribution in [0.2, 0.25) is 10.0 Å². The van der Waals surface area contributed by atoms with Crippen molar-refractivity contribution in [2.45, 2.75) is 6.18 Å². The van der Waals surface area contributed by atoms with E-state index in [0.29, 0.717) is 0 Å². The highest BCUT2D eigenvalue weighted by Crippen LogP contribution is 2.41. The van der Waals surface area contributed by atoms with E-state index in [9.17, 15) is 17.6 Å². The van der Waals surface area contributed by atoms with E-state index < -0.39 is 17.6 Å². The average molecular weight is 309 g/mol. The van der Waals surface area contributed by atoms with Gasteiger partial charge in [-0.05, 0) is 30.3 Å². The number of alkyl halides is 3. The molecule has 19 heavy (non-hydrogen) atoms. The van der Waals surface area contributed by atoms with Crippen molar-refractivity contribution in [1.82, 2.24) is 0 Å². The molecule has 0 unspecified atom stereocenters. The van der Waals surface area contributed by atoms with Crippen LogP contribution in [0.1, 0.15) is 5.56 Å². The van der Waals surface area contributed by atoms with Crippen LogP contribution in [0.5, 0.6) is 0 Å². The molecule has 0 aromatic heterocycles. The van der Waals surface area contributed by atoms with Crippen LogP contribution in [0.4, 0.5) is 17.6 Å². The van der Waals surface area contributed by atoms with Crippen LogP contribution in [0.15, 0.2) is 36.4 Å². The van der Waals surface area contributed by atoms with Gasteiger partial charge >= 0.3 is 6.18 Å². The largest absolute Gasteiger partial charge is 0.417 e. The van der Waals surface area contributed by atoms with Gasteiger partial charge in [-0.3, -0.25) is 0 Å². The van der Waals surface area contributed by atoms with Gasteiger partial charge in [0.1, 0.15) is 5.82 Å². The second-order valence-electron chi connectivity index (χ2n) is 3.78. The molecule has 0 aliphatic carbocycles. The molecule has 0 spiro atoms. The van der Waals surface area contributed by atoms with Gasteiger partial charge in [-0.1, -0.05) is 29.3 Å². The maximum atomic E-state index is 13.8. The lowest BCUT2D eigenvalue weighted by atomic mass is 9.99. The Morgan fingerprint density at radius 2 is 1.63 bits per heavy atom. The summed E-state index contributed by atoms with van der Waals surface area (Å²) in [7, 11) is 0. The van der Waals surface area contributed by atoms with Crippen molar-refractivity contribution in [2.75, 3.05) is 0 Å². The minimum Gasteiger partial charge on any atom is -0.206 e. The highest BCUT2D eigenvalue weighted by atomic mass is 35.5. The van der Waals surface area contributed by atoms with E-state index in [2.05, 4.69) is 0 Å². The minimum absolute atomic E-state index is 0.0989. The van der Waals surface area contributed by atoms with Gasteiger partial charge in [0.05, 0.1) is 5.56 Å². The van der Waals surface area contributed by atoms with Gasteiger partial charge in [0.15, 0.2) is 0 Å². The first-order valence-corrected chi connectivity index (χ1v) is 5.87. The topological polar surface area (TPSA) is 0 Å². The SMILES string of the molecule is Fc1cc(Cl)ccc1-c1c(Cl)cccc1C(F)(F)F. The monoisotopic (exact) mass is 308 g/mol. The predicted octanol–water partition coefficient (Wildman–Crippen LogP) is 5.82. The van der Waals surface area contributed by atoms with Crippen molar-refractivity contribution in [3.63, 3.8) is 0 Å². The molecule has 0 atom stereocenters. The molecule has 0 fully saturated rings. The van der Waals surface area contributed by atoms with E-state index in [0.717, 1.165) is 12.1 Å². The van der Waals surface area contributed by atoms with Crippen molar-refractivity contribution in [1.29, 1.82) is 0 Å². The van der Waals surface area contributed by atoms with E-state index in [4.69, 9.17) is 23.2 Å². The molecular formula is C13H6Cl2F4. The highest BCUT2D eigenvalue weighted by Gasteiger charge is 2.35. The molecule has 0 heterocycles. The van der Waals surface area contributed by atoms with Crippen LogP contribution in [-0.2, 0) is 6.18 Å². The molecule has 0 bridgehead atoms. The molecule has 0 nitrogen and oxygen atoms in total. The fourth-order valence-electron chi connectivity index (χ4n) is 1.73. The number of halogens is 6. The third kappa shape index (κ3) is 2.85. The summed E-state index contributed by atoms with van der Waals surface area (Å²) in [6, 6.07) is 6.73. The van der Waals surface area contributed by atoms with Crippen molar-refractivity contribution >= 4 is 23.2 Å². The van der Waals surface area contributed by atoms with Crippen LogP contribution in [0.25, 0.3) is 11.1 Å². The zero-order valence-corrected chi connectivity index (χ0v) is 10.7. The molecule has 0 aliphatic heterocycles. The quantitative estimate of drug-likeness (QED) is 0.582. The highest BCUT2D eigenvalue weighted by molar-refractivity contribution is 6.33. The summed E-state index contributed by atoms with van der Waals surface area (Å²) in [5, 5.41) is -0.0714. The van der Waals surface area contributed by atoms with Crippen LogP contribution in [0, 0.1) is 5.82 Å². The van der Waals surface area contributed by atoms with Gasteiger partial charge < -0.3 is 0 Å². The first-order chi connectivity index (χ1) is 8.80. The van der Waals surface area contributed by atoms with Crippen LogP contribution >= 0.6 is 23.2 Å². The molecule has 0 saturated heterocycles. The molecule has 2 aromatic rings. The number of hydrogen-bond donors (Lipinski definition) is 0. The molecule has 0 aliphatic rings. The Hall–Kier alpha value is -1.26. The average Bonchev–Trinajstić information content (AvgIpc) is 2.28. The Balaban J connectivity index is 2.74. The molecule has 0 radical (unpaired) electrons. The van der Waals surface area contributed by atoms with Gasteiger partial charge in [-0.2, -0.15) is 13.2 Å². The van der Waals surface area contributed by atoms with Crippen LogP contribution < -0.4 is 0 Å². The van der Waals surface area contributed by atoms with Crippen molar-refractivity contribution in [3.05, 3.63) is 57.8 Å². The Kier molecular flexibility index (Phi) is 3.74. The first kappa shape index (κ1) is 14.2. The molecule has 2 rings (SSSR count). The number of benzene rings is 2. The molecule has 100 valence electrons. The summed E-state index contributed by atoms with van der Waals surface area (Å²) in [6.45, 7) is 0. The van der Waals surface area contributed by atoms with Crippen LogP contribution in [0.3, 0.4) is 0 Å². The van der Waals surface area contributed by atoms with Gasteiger partial charge in [-0.25, -0.2) is 4.39 Å². The van der Waals surface area contributed by atoms with E-state index in [-0.39, 0.29) is 21.2 Å². The standard InChI is InChI=1S/C13H6Cl2F4/c14-7-4-5-8(11(16)6-7)12-9(13(17,18)19)2-1-3-10(12)15/h1-6H. The summed E-state index contributed by atoms with van der Waals surface area (Å²) >= 11 is 11.4. The van der Waals surface area contributed by atoms with Gasteiger partial charge in [0.2, 0.25) is 0 Å². The summed E-state index contributed by atoms with van der Waals surface area (Å²) in [6.07, 6.45) is -4.62. The van der Waals surface area contributed by atoms with Crippen LogP contribution in [-0.4, -0.2) is 0 Å². The lowest BCUT2D eigenvalue weighted by molar-refractivity contribution is -0.137. The fourth-order valence-corrected chi connectivity index (χ4v) is 2.16. The second kappa shape index (κ2) is 5.02. The molecule has 6 heteroatoms. The van der Waals surface area contributed by atoms with Crippen molar-refractivity contribution in [3.8, 4) is 11.1 Å². The Morgan fingerprint density at radius 3 is 2.21 bits per heavy atom. The van der Waals surface area contributed by atoms with E-state index in [1.54, 1.807) is 0 Å². The van der Waals surface area contributed by atoms with Crippen molar-refractivity contribution < 1.29 is 17.6 Å². The molecule has 2 aromatic carbocycles. The molecule has 0 amide bonds. The number of rotatable bonds is 1. The van der Waals surface area contributed by atoms with E-state index >= 15 is 0 Å². The lowest BCUT2D eigenvalue weighted by Crippen LogP contribution is -2.08. The second-order valence-corrected chi connectivity index (χ2v) is 4.63. The maximum absolute atomic E-state index is 13.8. The Labute approximate surface area is 116 Å². The predicted molar refractivity (Wildman–Crippen MR) is 66.9 cm³/mol. The van der Waals surface area contributed by atoms with Gasteiger partial charge in [-0.15, -0.1) is 0 Å². The first-order valence-electron chi connectivity index (χ1n) is 5.12. The third-order valence-electron chi connectivity index (χ3n) is 2.52. The molecular weight excluding hydrogens is 303 g/mol. The lowest BCUT2D eigenvalue weighted by Gasteiger charge is -2.15. The zero-order chi connectivity index (χ0) is 14.2. The third-order valence-corrected chi connectivity index (χ3v) is 3.07. The smallest absolute Gasteiger partial charge is 0.206 e. The summed E-state index contributed by atoms with van der Waals surface area (Å²) in [4.78, 5) is 0. The fraction of sp³-hybridized carbons (Fsp3) is 0.0769. The van der Waals surface area contributed by atoms with E-state index in [1.165, 1.54) is 24.3 Å². The molecule has 0 saturated carbocycles. The van der Waals surface area contributed by atoms with Gasteiger partial charge in [0, 0.05) is 21.2 Å². The summed E-state index contributed by atoms with van der Waals surface area (Å²) in [5.41, 5.74) is -1.60. The number of hydrogen-bond acceptors (Lipinski definition) is 0. The van der Waals surface area contributed by atoms with Gasteiger partial charge in [0.25, 0.3) is 0 Å². The summed E-state index contributed by atoms with van der Waals surface area (Å²) < 4.78 is 52.5. The van der Waals surface area contributed by atoms with E-state index in [1.807, 2.05) is 0 Å².